The number of hydrogen-bond donors (Lipinski definition) is 1. The molecule has 1 heterocycles. The number of aromatic amines is 1. The minimum Gasteiger partial charge on any atom is -0.463 e. The molecule has 0 bridgehead atoms. The first-order valence-electron chi connectivity index (χ1n) is 3.66. The van der Waals surface area contributed by atoms with Crippen molar-refractivity contribution in [2.75, 3.05) is 6.61 Å². The van der Waals surface area contributed by atoms with Crippen molar-refractivity contribution in [3.8, 4) is 0 Å². The molecule has 0 fully saturated rings. The fourth-order valence-corrected chi connectivity index (χ4v) is 0.706. The van der Waals surface area contributed by atoms with Gasteiger partial charge in [0, 0.05) is 6.08 Å². The Balaban J connectivity index is 2.45. The molecule has 0 aliphatic rings. The number of aromatic nitrogens is 2. The average Bonchev–Trinajstić information content (AvgIpc) is 2.53. The van der Waals surface area contributed by atoms with E-state index in [1.807, 2.05) is 0 Å². The van der Waals surface area contributed by atoms with Crippen LogP contribution >= 0.6 is 0 Å². The maximum absolute atomic E-state index is 10.8. The number of esters is 1. The molecule has 0 amide bonds. The molecule has 4 nitrogen and oxygen atoms in total. The van der Waals surface area contributed by atoms with E-state index in [1.54, 1.807) is 25.5 Å². The lowest BCUT2D eigenvalue weighted by Crippen LogP contribution is -1.98. The fourth-order valence-electron chi connectivity index (χ4n) is 0.706. The number of nitrogens with one attached hydrogen (secondary N) is 1. The summed E-state index contributed by atoms with van der Waals surface area (Å²) in [7, 11) is 0. The van der Waals surface area contributed by atoms with Crippen molar-refractivity contribution in [1.82, 2.24) is 9.97 Å². The summed E-state index contributed by atoms with van der Waals surface area (Å²) in [6.45, 7) is 2.16. The molecule has 1 rings (SSSR count). The number of nitrogens with zero attached hydrogens (tertiary/aromatic N) is 1. The minimum absolute atomic E-state index is 0.341. The molecule has 0 saturated heterocycles. The molecule has 0 radical (unpaired) electrons. The van der Waals surface area contributed by atoms with Gasteiger partial charge < -0.3 is 9.72 Å². The Labute approximate surface area is 70.3 Å². The predicted octanol–water partition coefficient (Wildman–Crippen LogP) is 0.986. The summed E-state index contributed by atoms with van der Waals surface area (Å²) in [6, 6.07) is 0. The zero-order chi connectivity index (χ0) is 8.81. The molecule has 0 aliphatic carbocycles. The lowest BCUT2D eigenvalue weighted by molar-refractivity contribution is -0.137. The molecule has 0 saturated carbocycles. The summed E-state index contributed by atoms with van der Waals surface area (Å²) in [6.07, 6.45) is 6.14. The highest BCUT2D eigenvalue weighted by molar-refractivity contribution is 5.86. The monoisotopic (exact) mass is 166 g/mol. The molecule has 0 atom stereocenters. The van der Waals surface area contributed by atoms with Crippen molar-refractivity contribution in [3.63, 3.8) is 0 Å². The van der Waals surface area contributed by atoms with Crippen LogP contribution in [0.4, 0.5) is 0 Å². The molecule has 0 spiro atoms. The summed E-state index contributed by atoms with van der Waals surface area (Å²) in [5.41, 5.74) is 0.781. The molecular formula is C8H10N2O2. The van der Waals surface area contributed by atoms with Crippen LogP contribution in [0.15, 0.2) is 18.6 Å². The molecule has 0 aliphatic heterocycles. The molecule has 1 aromatic rings. The van der Waals surface area contributed by atoms with Crippen LogP contribution in [0.5, 0.6) is 0 Å². The van der Waals surface area contributed by atoms with Crippen LogP contribution in [-0.2, 0) is 9.53 Å². The van der Waals surface area contributed by atoms with Crippen molar-refractivity contribution < 1.29 is 9.53 Å². The first-order valence-corrected chi connectivity index (χ1v) is 3.66. The van der Waals surface area contributed by atoms with Gasteiger partial charge in [0.2, 0.25) is 0 Å². The number of imidazole rings is 1. The molecular weight excluding hydrogens is 156 g/mol. The van der Waals surface area contributed by atoms with E-state index in [4.69, 9.17) is 0 Å². The summed E-state index contributed by atoms with van der Waals surface area (Å²) < 4.78 is 4.68. The van der Waals surface area contributed by atoms with E-state index >= 15 is 0 Å². The first kappa shape index (κ1) is 8.52. The van der Waals surface area contributed by atoms with Gasteiger partial charge in [-0.3, -0.25) is 0 Å². The number of carbonyl (C=O) groups excluding carboxylic acids is 1. The predicted molar refractivity (Wildman–Crippen MR) is 44.3 cm³/mol. The molecule has 4 heteroatoms. The number of carbonyl (C=O) groups is 1. The molecule has 64 valence electrons. The van der Waals surface area contributed by atoms with E-state index in [2.05, 4.69) is 14.7 Å². The third kappa shape index (κ3) is 2.57. The van der Waals surface area contributed by atoms with Gasteiger partial charge in [-0.1, -0.05) is 0 Å². The quantitative estimate of drug-likeness (QED) is 0.538. The Morgan fingerprint density at radius 3 is 3.25 bits per heavy atom. The maximum atomic E-state index is 10.8. The standard InChI is InChI=1S/C8H10N2O2/c1-2-12-8(11)4-3-7-5-9-6-10-7/h3-6H,2H2,1H3,(H,9,10)/b4-3-. The van der Waals surface area contributed by atoms with Crippen LogP contribution in [-0.4, -0.2) is 22.5 Å². The highest BCUT2D eigenvalue weighted by Gasteiger charge is 1.93. The van der Waals surface area contributed by atoms with Crippen LogP contribution in [0, 0.1) is 0 Å². The van der Waals surface area contributed by atoms with E-state index in [1.165, 1.54) is 6.08 Å². The van der Waals surface area contributed by atoms with Crippen LogP contribution in [0.3, 0.4) is 0 Å². The third-order valence-corrected chi connectivity index (χ3v) is 1.20. The van der Waals surface area contributed by atoms with Gasteiger partial charge in [0.25, 0.3) is 0 Å². The number of ether oxygens (including phenoxy) is 1. The van der Waals surface area contributed by atoms with Gasteiger partial charge >= 0.3 is 5.97 Å². The third-order valence-electron chi connectivity index (χ3n) is 1.20. The zero-order valence-electron chi connectivity index (χ0n) is 6.78. The lowest BCUT2D eigenvalue weighted by atomic mass is 10.4. The van der Waals surface area contributed by atoms with Crippen molar-refractivity contribution in [2.45, 2.75) is 6.92 Å². The van der Waals surface area contributed by atoms with E-state index in [0.717, 1.165) is 5.69 Å². The van der Waals surface area contributed by atoms with Gasteiger partial charge in [0.05, 0.1) is 24.8 Å². The Hall–Kier alpha value is -1.58. The van der Waals surface area contributed by atoms with Gasteiger partial charge in [0.15, 0.2) is 0 Å². The van der Waals surface area contributed by atoms with Gasteiger partial charge in [0.1, 0.15) is 0 Å². The summed E-state index contributed by atoms with van der Waals surface area (Å²) in [5.74, 6) is -0.341. The second-order valence-corrected chi connectivity index (χ2v) is 2.09. The largest absolute Gasteiger partial charge is 0.463 e. The minimum atomic E-state index is -0.341. The molecule has 1 N–H and O–H groups in total. The highest BCUT2D eigenvalue weighted by Crippen LogP contribution is 1.94. The smallest absolute Gasteiger partial charge is 0.330 e. The van der Waals surface area contributed by atoms with Crippen LogP contribution in [0.25, 0.3) is 6.08 Å². The van der Waals surface area contributed by atoms with Gasteiger partial charge in [-0.2, -0.15) is 0 Å². The topological polar surface area (TPSA) is 55.0 Å². The van der Waals surface area contributed by atoms with Crippen molar-refractivity contribution >= 4 is 12.0 Å². The van der Waals surface area contributed by atoms with Crippen LogP contribution < -0.4 is 0 Å². The molecule has 0 unspecified atom stereocenters. The van der Waals surface area contributed by atoms with E-state index in [-0.39, 0.29) is 5.97 Å². The van der Waals surface area contributed by atoms with Crippen molar-refractivity contribution in [2.24, 2.45) is 0 Å². The van der Waals surface area contributed by atoms with Crippen LogP contribution in [0.1, 0.15) is 12.6 Å². The number of hydrogen-bond acceptors (Lipinski definition) is 3. The van der Waals surface area contributed by atoms with Gasteiger partial charge in [-0.25, -0.2) is 9.78 Å². The zero-order valence-corrected chi connectivity index (χ0v) is 6.78. The maximum Gasteiger partial charge on any atom is 0.330 e. The fraction of sp³-hybridized carbons (Fsp3) is 0.250. The summed E-state index contributed by atoms with van der Waals surface area (Å²) >= 11 is 0. The second kappa shape index (κ2) is 4.33. The normalized spacial score (nSPS) is 10.4. The van der Waals surface area contributed by atoms with E-state index in [9.17, 15) is 4.79 Å². The van der Waals surface area contributed by atoms with E-state index < -0.39 is 0 Å². The van der Waals surface area contributed by atoms with Gasteiger partial charge in [-0.15, -0.1) is 0 Å². The second-order valence-electron chi connectivity index (χ2n) is 2.09. The van der Waals surface area contributed by atoms with Crippen molar-refractivity contribution in [1.29, 1.82) is 0 Å². The first-order chi connectivity index (χ1) is 5.83. The molecule has 12 heavy (non-hydrogen) atoms. The van der Waals surface area contributed by atoms with E-state index in [0.29, 0.717) is 6.61 Å². The highest BCUT2D eigenvalue weighted by atomic mass is 16.5. The summed E-state index contributed by atoms with van der Waals surface area (Å²) in [5, 5.41) is 0. The Kier molecular flexibility index (Phi) is 3.07. The average molecular weight is 166 g/mol. The Morgan fingerprint density at radius 2 is 2.67 bits per heavy atom. The molecule has 1 aromatic heterocycles. The van der Waals surface area contributed by atoms with Gasteiger partial charge in [-0.05, 0) is 13.0 Å². The Bertz CT molecular complexity index is 265. The number of H-pyrrole nitrogens is 1. The van der Waals surface area contributed by atoms with Crippen molar-refractivity contribution in [3.05, 3.63) is 24.3 Å². The number of rotatable bonds is 3. The lowest BCUT2D eigenvalue weighted by Gasteiger charge is -1.92. The van der Waals surface area contributed by atoms with Crippen LogP contribution in [0.2, 0.25) is 0 Å². The molecule has 0 aromatic carbocycles. The Morgan fingerprint density at radius 1 is 1.83 bits per heavy atom. The summed E-state index contributed by atoms with van der Waals surface area (Å²) in [4.78, 5) is 17.4. The SMILES string of the molecule is CCOC(=O)/C=C\c1cnc[nH]1.